The van der Waals surface area contributed by atoms with Gasteiger partial charge in [-0.15, -0.1) is 0 Å². The molecule has 108 valence electrons. The second kappa shape index (κ2) is 5.88. The normalized spacial score (nSPS) is 10.2. The van der Waals surface area contributed by atoms with Crippen LogP contribution in [0.5, 0.6) is 0 Å². The van der Waals surface area contributed by atoms with Gasteiger partial charge in [0.05, 0.1) is 18.2 Å². The first kappa shape index (κ1) is 14.9. The van der Waals surface area contributed by atoms with Crippen molar-refractivity contribution in [2.75, 3.05) is 7.11 Å². The highest BCUT2D eigenvalue weighted by Gasteiger charge is 2.16. The minimum atomic E-state index is -1.24. The average molecular weight is 310 g/mol. The molecule has 1 N–H and O–H groups in total. The molecule has 0 bridgehead atoms. The molecular weight excluding hydrogens is 301 g/mol. The molecule has 0 aliphatic rings. The third-order valence-corrected chi connectivity index (χ3v) is 2.94. The van der Waals surface area contributed by atoms with Gasteiger partial charge < -0.3 is 9.84 Å². The van der Waals surface area contributed by atoms with E-state index < -0.39 is 17.8 Å². The zero-order chi connectivity index (χ0) is 15.6. The number of nitrogens with zero attached hydrogens (tertiary/aromatic N) is 1. The second-order valence-electron chi connectivity index (χ2n) is 4.08. The van der Waals surface area contributed by atoms with Crippen molar-refractivity contribution in [1.29, 1.82) is 0 Å². The van der Waals surface area contributed by atoms with E-state index in [0.717, 1.165) is 18.2 Å². The van der Waals surface area contributed by atoms with Crippen LogP contribution in [0, 0.1) is 5.82 Å². The molecule has 0 spiro atoms. The molecule has 1 aromatic carbocycles. The van der Waals surface area contributed by atoms with Crippen LogP contribution in [0.2, 0.25) is 5.15 Å². The topological polar surface area (TPSA) is 76.5 Å². The average Bonchev–Trinajstić information content (AvgIpc) is 2.45. The summed E-state index contributed by atoms with van der Waals surface area (Å²) in [4.78, 5) is 26.5. The van der Waals surface area contributed by atoms with Gasteiger partial charge in [0.2, 0.25) is 0 Å². The number of carboxylic acid groups (broad SMARTS) is 1. The van der Waals surface area contributed by atoms with Crippen molar-refractivity contribution in [3.05, 3.63) is 52.6 Å². The molecule has 5 nitrogen and oxygen atoms in total. The van der Waals surface area contributed by atoms with Gasteiger partial charge in [-0.3, -0.25) is 0 Å². The van der Waals surface area contributed by atoms with Gasteiger partial charge in [0.25, 0.3) is 0 Å². The lowest BCUT2D eigenvalue weighted by molar-refractivity contribution is 0.0599. The number of esters is 1. The molecule has 2 rings (SSSR count). The summed E-state index contributed by atoms with van der Waals surface area (Å²) in [5.74, 6) is -2.66. The lowest BCUT2D eigenvalue weighted by Crippen LogP contribution is -2.04. The van der Waals surface area contributed by atoms with Crippen molar-refractivity contribution in [3.8, 4) is 11.1 Å². The first-order chi connectivity index (χ1) is 9.92. The molecule has 1 aromatic heterocycles. The Morgan fingerprint density at radius 1 is 1.29 bits per heavy atom. The maximum atomic E-state index is 13.6. The van der Waals surface area contributed by atoms with E-state index in [1.54, 1.807) is 0 Å². The van der Waals surface area contributed by atoms with Gasteiger partial charge in [0.15, 0.2) is 0 Å². The van der Waals surface area contributed by atoms with Crippen LogP contribution in [0.4, 0.5) is 4.39 Å². The summed E-state index contributed by atoms with van der Waals surface area (Å²) >= 11 is 5.66. The van der Waals surface area contributed by atoms with Gasteiger partial charge in [0.1, 0.15) is 11.0 Å². The van der Waals surface area contributed by atoms with Crippen LogP contribution >= 0.6 is 11.6 Å². The van der Waals surface area contributed by atoms with E-state index >= 15 is 0 Å². The molecule has 0 saturated carbocycles. The minimum Gasteiger partial charge on any atom is -0.478 e. The van der Waals surface area contributed by atoms with E-state index in [2.05, 4.69) is 9.72 Å². The molecular formula is C14H9ClFNO4. The zero-order valence-electron chi connectivity index (χ0n) is 10.8. The van der Waals surface area contributed by atoms with Crippen LogP contribution < -0.4 is 0 Å². The fourth-order valence-electron chi connectivity index (χ4n) is 1.82. The number of hydrogen-bond acceptors (Lipinski definition) is 4. The lowest BCUT2D eigenvalue weighted by Gasteiger charge is -2.08. The van der Waals surface area contributed by atoms with Crippen LogP contribution in [0.25, 0.3) is 11.1 Å². The summed E-state index contributed by atoms with van der Waals surface area (Å²) in [6.07, 6.45) is 1.21. The maximum absolute atomic E-state index is 13.6. The smallest absolute Gasteiger partial charge is 0.337 e. The number of methoxy groups -OCH3 is 1. The quantitative estimate of drug-likeness (QED) is 0.696. The van der Waals surface area contributed by atoms with E-state index in [4.69, 9.17) is 11.6 Å². The minimum absolute atomic E-state index is 0.000689. The van der Waals surface area contributed by atoms with Gasteiger partial charge in [-0.2, -0.15) is 0 Å². The molecule has 0 amide bonds. The van der Waals surface area contributed by atoms with Crippen molar-refractivity contribution in [2.24, 2.45) is 0 Å². The van der Waals surface area contributed by atoms with Crippen LogP contribution in [-0.4, -0.2) is 29.1 Å². The predicted octanol–water partition coefficient (Wildman–Crippen LogP) is 3.03. The summed E-state index contributed by atoms with van der Waals surface area (Å²) in [5, 5.41) is 9.17. The van der Waals surface area contributed by atoms with Crippen molar-refractivity contribution in [1.82, 2.24) is 4.98 Å². The van der Waals surface area contributed by atoms with Gasteiger partial charge >= 0.3 is 11.9 Å². The molecule has 0 radical (unpaired) electrons. The maximum Gasteiger partial charge on any atom is 0.337 e. The standard InChI is InChI=1S/C14H9ClFNO4/c1-21-14(20)8-2-7(3-9(16)4-8)11-6-17-12(15)5-10(11)13(18)19/h2-6H,1H3,(H,18,19). The van der Waals surface area contributed by atoms with E-state index in [9.17, 15) is 19.1 Å². The Morgan fingerprint density at radius 2 is 2.00 bits per heavy atom. The lowest BCUT2D eigenvalue weighted by atomic mass is 10.00. The summed E-state index contributed by atoms with van der Waals surface area (Å²) in [6, 6.07) is 4.58. The summed E-state index contributed by atoms with van der Waals surface area (Å²) in [6.45, 7) is 0. The number of aromatic carboxylic acids is 1. The highest BCUT2D eigenvalue weighted by Crippen LogP contribution is 2.27. The summed E-state index contributed by atoms with van der Waals surface area (Å²) in [5.41, 5.74) is 0.170. The first-order valence-electron chi connectivity index (χ1n) is 5.70. The van der Waals surface area contributed by atoms with Crippen LogP contribution in [0.15, 0.2) is 30.5 Å². The van der Waals surface area contributed by atoms with Crippen LogP contribution in [0.3, 0.4) is 0 Å². The van der Waals surface area contributed by atoms with Gasteiger partial charge in [-0.05, 0) is 29.8 Å². The second-order valence-corrected chi connectivity index (χ2v) is 4.47. The van der Waals surface area contributed by atoms with Gasteiger partial charge in [0, 0.05) is 11.8 Å². The van der Waals surface area contributed by atoms with Crippen LogP contribution in [-0.2, 0) is 4.74 Å². The van der Waals surface area contributed by atoms with Crippen molar-refractivity contribution in [2.45, 2.75) is 0 Å². The number of ether oxygens (including phenoxy) is 1. The highest BCUT2D eigenvalue weighted by atomic mass is 35.5. The third-order valence-electron chi connectivity index (χ3n) is 2.73. The number of hydrogen-bond donors (Lipinski definition) is 1. The number of carbonyl (C=O) groups is 2. The fraction of sp³-hybridized carbons (Fsp3) is 0.0714. The van der Waals surface area contributed by atoms with E-state index in [1.807, 2.05) is 0 Å². The first-order valence-corrected chi connectivity index (χ1v) is 6.08. The van der Waals surface area contributed by atoms with Crippen molar-refractivity contribution < 1.29 is 23.8 Å². The summed E-state index contributed by atoms with van der Waals surface area (Å²) < 4.78 is 18.1. The number of rotatable bonds is 3. The van der Waals surface area contributed by atoms with E-state index in [-0.39, 0.29) is 27.4 Å². The van der Waals surface area contributed by atoms with E-state index in [1.165, 1.54) is 19.4 Å². The summed E-state index contributed by atoms with van der Waals surface area (Å²) in [7, 11) is 1.17. The fourth-order valence-corrected chi connectivity index (χ4v) is 1.98. The van der Waals surface area contributed by atoms with Gasteiger partial charge in [-0.25, -0.2) is 19.0 Å². The molecule has 0 aliphatic heterocycles. The number of halogens is 2. The molecule has 0 fully saturated rings. The van der Waals surface area contributed by atoms with Crippen molar-refractivity contribution in [3.63, 3.8) is 0 Å². The van der Waals surface area contributed by atoms with Crippen LogP contribution in [0.1, 0.15) is 20.7 Å². The monoisotopic (exact) mass is 309 g/mol. The number of carboxylic acids is 1. The molecule has 0 saturated heterocycles. The Hall–Kier alpha value is -2.47. The van der Waals surface area contributed by atoms with E-state index in [0.29, 0.717) is 0 Å². The Morgan fingerprint density at radius 3 is 2.62 bits per heavy atom. The molecule has 0 unspecified atom stereocenters. The Kier molecular flexibility index (Phi) is 4.18. The largest absolute Gasteiger partial charge is 0.478 e. The molecule has 1 heterocycles. The third kappa shape index (κ3) is 3.17. The molecule has 0 aliphatic carbocycles. The number of benzene rings is 1. The van der Waals surface area contributed by atoms with Gasteiger partial charge in [-0.1, -0.05) is 11.6 Å². The number of pyridine rings is 1. The Balaban J connectivity index is 2.64. The Bertz CT molecular complexity index is 733. The molecule has 7 heteroatoms. The molecule has 2 aromatic rings. The SMILES string of the molecule is COC(=O)c1cc(F)cc(-c2cnc(Cl)cc2C(=O)O)c1. The molecule has 0 atom stereocenters. The Labute approximate surface area is 124 Å². The predicted molar refractivity (Wildman–Crippen MR) is 72.9 cm³/mol. The van der Waals surface area contributed by atoms with Crippen molar-refractivity contribution >= 4 is 23.5 Å². The molecule has 21 heavy (non-hydrogen) atoms. The highest BCUT2D eigenvalue weighted by molar-refractivity contribution is 6.29. The zero-order valence-corrected chi connectivity index (χ0v) is 11.5. The number of carbonyl (C=O) groups excluding carboxylic acids is 1. The number of aromatic nitrogens is 1.